The van der Waals surface area contributed by atoms with Gasteiger partial charge >= 0.3 is 0 Å². The summed E-state index contributed by atoms with van der Waals surface area (Å²) in [5.41, 5.74) is 15.1. The summed E-state index contributed by atoms with van der Waals surface area (Å²) in [6, 6.07) is 9.88. The minimum Gasteiger partial charge on any atom is -0.359 e. The third kappa shape index (κ3) is 5.86. The Bertz CT molecular complexity index is 1570. The summed E-state index contributed by atoms with van der Waals surface area (Å²) in [6.07, 6.45) is 15.8. The first-order chi connectivity index (χ1) is 23.1. The van der Waals surface area contributed by atoms with Gasteiger partial charge in [-0.1, -0.05) is 95.8 Å². The molecule has 4 bridgehead atoms. The van der Waals surface area contributed by atoms with Crippen molar-refractivity contribution in [2.24, 2.45) is 53.3 Å². The van der Waals surface area contributed by atoms with Gasteiger partial charge in [-0.05, 0) is 133 Å². The zero-order chi connectivity index (χ0) is 34.4. The number of hydrogen-bond donors (Lipinski definition) is 1. The van der Waals surface area contributed by atoms with Crippen LogP contribution >= 0.6 is 0 Å². The fourth-order valence-corrected chi connectivity index (χ4v) is 11.0. The highest BCUT2D eigenvalue weighted by Gasteiger charge is 2.51. The van der Waals surface area contributed by atoms with Crippen molar-refractivity contribution in [2.45, 2.75) is 92.9 Å². The van der Waals surface area contributed by atoms with E-state index < -0.39 is 0 Å². The molecule has 4 aliphatic rings. The van der Waals surface area contributed by atoms with Gasteiger partial charge in [0.1, 0.15) is 0 Å². The minimum absolute atomic E-state index is 0.425. The lowest BCUT2D eigenvalue weighted by Crippen LogP contribution is -2.34. The highest BCUT2D eigenvalue weighted by Crippen LogP contribution is 2.58. The predicted molar refractivity (Wildman–Crippen MR) is 209 cm³/mol. The number of hydrogen-bond acceptors (Lipinski definition) is 2. The molecule has 0 saturated heterocycles. The van der Waals surface area contributed by atoms with Gasteiger partial charge in [0.05, 0.1) is 0 Å². The van der Waals surface area contributed by atoms with Crippen LogP contribution in [0.4, 0.5) is 11.4 Å². The van der Waals surface area contributed by atoms with Crippen LogP contribution in [-0.4, -0.2) is 7.05 Å². The fourth-order valence-electron chi connectivity index (χ4n) is 11.0. The lowest BCUT2D eigenvalue weighted by molar-refractivity contribution is 0.234. The average Bonchev–Trinajstić information content (AvgIpc) is 3.85. The highest BCUT2D eigenvalue weighted by molar-refractivity contribution is 5.66. The topological polar surface area (TPSA) is 15.3 Å². The van der Waals surface area contributed by atoms with E-state index in [2.05, 4.69) is 121 Å². The summed E-state index contributed by atoms with van der Waals surface area (Å²) in [5, 5.41) is 3.90. The Labute approximate surface area is 293 Å². The van der Waals surface area contributed by atoms with Crippen molar-refractivity contribution in [3.05, 3.63) is 119 Å². The lowest BCUT2D eigenvalue weighted by atomic mass is 9.73. The maximum atomic E-state index is 4.78. The second-order valence-electron chi connectivity index (χ2n) is 15.8. The standard InChI is InChI=1S/C46H62N2/c1-12-33-21-31(22-34(13-2)45(33)47-29(9)43-39(16-5)37-18-27(7)41(43)25-37)20-32-23-35(14-3)46(36(15-4)24-32)48(11)30(10)44-40(17-6)38-19-28(8)42(44)26-38/h16-18,21-24,28,37-44,47H,5-6,9-10,12-15,19-20,25-26H2,1-4,7-8,11H3. The predicted octanol–water partition coefficient (Wildman–Crippen LogP) is 11.5. The zero-order valence-electron chi connectivity index (χ0n) is 31.2. The van der Waals surface area contributed by atoms with E-state index in [1.165, 1.54) is 75.3 Å². The first-order valence-electron chi connectivity index (χ1n) is 19.2. The first-order valence-corrected chi connectivity index (χ1v) is 19.2. The molecule has 0 radical (unpaired) electrons. The number of aryl methyl sites for hydroxylation is 4. The maximum Gasteiger partial charge on any atom is 0.0470 e. The van der Waals surface area contributed by atoms with Crippen LogP contribution < -0.4 is 10.2 Å². The Morgan fingerprint density at radius 1 is 0.812 bits per heavy atom. The fraction of sp³-hybridized carbons (Fsp3) is 0.522. The Hall–Kier alpha value is -3.26. The van der Waals surface area contributed by atoms with E-state index in [1.54, 1.807) is 0 Å². The van der Waals surface area contributed by atoms with Gasteiger partial charge in [0.25, 0.3) is 0 Å². The van der Waals surface area contributed by atoms with E-state index in [4.69, 9.17) is 6.58 Å². The Morgan fingerprint density at radius 3 is 1.92 bits per heavy atom. The second kappa shape index (κ2) is 13.9. The third-order valence-corrected chi connectivity index (χ3v) is 13.3. The molecule has 2 heteroatoms. The van der Waals surface area contributed by atoms with Crippen LogP contribution in [0, 0.1) is 53.3 Å². The Morgan fingerprint density at radius 2 is 1.38 bits per heavy atom. The van der Waals surface area contributed by atoms with E-state index in [-0.39, 0.29) is 0 Å². The molecule has 2 aromatic rings. The molecule has 4 aliphatic carbocycles. The molecule has 0 amide bonds. The number of nitrogens with zero attached hydrogens (tertiary/aromatic N) is 1. The van der Waals surface area contributed by atoms with Crippen molar-refractivity contribution in [2.75, 3.05) is 17.3 Å². The molecule has 2 aromatic carbocycles. The van der Waals surface area contributed by atoms with Gasteiger partial charge in [0.2, 0.25) is 0 Å². The molecule has 0 spiro atoms. The van der Waals surface area contributed by atoms with Crippen LogP contribution in [0.25, 0.3) is 0 Å². The third-order valence-electron chi connectivity index (χ3n) is 13.3. The molecular formula is C46H62N2. The van der Waals surface area contributed by atoms with Crippen LogP contribution in [0.5, 0.6) is 0 Å². The summed E-state index contributed by atoms with van der Waals surface area (Å²) < 4.78 is 0. The summed E-state index contributed by atoms with van der Waals surface area (Å²) >= 11 is 0. The van der Waals surface area contributed by atoms with Crippen molar-refractivity contribution in [3.63, 3.8) is 0 Å². The number of nitrogens with one attached hydrogen (secondary N) is 1. The van der Waals surface area contributed by atoms with Crippen LogP contribution in [0.15, 0.2) is 85.8 Å². The van der Waals surface area contributed by atoms with E-state index in [0.717, 1.165) is 55.6 Å². The quantitative estimate of drug-likeness (QED) is 0.206. The molecule has 256 valence electrons. The van der Waals surface area contributed by atoms with E-state index >= 15 is 0 Å². The Kier molecular flexibility index (Phi) is 10.0. The van der Waals surface area contributed by atoms with Gasteiger partial charge in [-0.2, -0.15) is 0 Å². The Balaban J connectivity index is 1.26. The SMILES string of the molecule is C=CC1C2C=C(C)C(C2)C1C(=C)Nc1c(CC)cc(Cc2cc(CC)c(N(C)C(=C)C3C(C=C)C4CC(C)C3C4)c(CC)c2)cc1CC. The summed E-state index contributed by atoms with van der Waals surface area (Å²) in [7, 11) is 2.28. The molecular weight excluding hydrogens is 581 g/mol. The molecule has 9 atom stereocenters. The summed E-state index contributed by atoms with van der Waals surface area (Å²) in [4.78, 5) is 2.47. The smallest absolute Gasteiger partial charge is 0.0470 e. The van der Waals surface area contributed by atoms with Crippen LogP contribution in [0.1, 0.15) is 94.2 Å². The van der Waals surface area contributed by atoms with Gasteiger partial charge in [0, 0.05) is 41.7 Å². The molecule has 0 heterocycles. The van der Waals surface area contributed by atoms with E-state index in [1.807, 2.05) is 0 Å². The molecule has 0 aliphatic heterocycles. The molecule has 6 rings (SSSR count). The largest absolute Gasteiger partial charge is 0.359 e. The van der Waals surface area contributed by atoms with E-state index in [9.17, 15) is 0 Å². The van der Waals surface area contributed by atoms with Crippen molar-refractivity contribution in [1.29, 1.82) is 0 Å². The van der Waals surface area contributed by atoms with Crippen molar-refractivity contribution in [3.8, 4) is 0 Å². The minimum atomic E-state index is 0.425. The number of anilines is 2. The number of fused-ring (bicyclic) bond motifs is 4. The van der Waals surface area contributed by atoms with Crippen LogP contribution in [0.3, 0.4) is 0 Å². The second-order valence-corrected chi connectivity index (χ2v) is 15.8. The van der Waals surface area contributed by atoms with Gasteiger partial charge in [-0.25, -0.2) is 0 Å². The van der Waals surface area contributed by atoms with Crippen LogP contribution in [-0.2, 0) is 32.1 Å². The molecule has 3 saturated carbocycles. The molecule has 1 N–H and O–H groups in total. The van der Waals surface area contributed by atoms with Crippen molar-refractivity contribution in [1.82, 2.24) is 0 Å². The monoisotopic (exact) mass is 642 g/mol. The molecule has 9 unspecified atom stereocenters. The van der Waals surface area contributed by atoms with Crippen LogP contribution in [0.2, 0.25) is 0 Å². The van der Waals surface area contributed by atoms with Gasteiger partial charge < -0.3 is 10.2 Å². The van der Waals surface area contributed by atoms with Crippen molar-refractivity contribution >= 4 is 11.4 Å². The highest BCUT2D eigenvalue weighted by atomic mass is 15.1. The van der Waals surface area contributed by atoms with Gasteiger partial charge in [0.15, 0.2) is 0 Å². The zero-order valence-corrected chi connectivity index (χ0v) is 31.2. The van der Waals surface area contributed by atoms with Crippen molar-refractivity contribution < 1.29 is 0 Å². The molecule has 2 nitrogen and oxygen atoms in total. The number of allylic oxidation sites excluding steroid dienone is 6. The summed E-state index contributed by atoms with van der Waals surface area (Å²) in [5.74, 6) is 5.47. The lowest BCUT2D eigenvalue weighted by Gasteiger charge is -2.39. The normalized spacial score (nSPS) is 30.0. The molecule has 3 fully saturated rings. The maximum absolute atomic E-state index is 4.78. The summed E-state index contributed by atoms with van der Waals surface area (Å²) in [6.45, 7) is 31.9. The number of benzene rings is 2. The molecule has 0 aromatic heterocycles. The van der Waals surface area contributed by atoms with Gasteiger partial charge in [-0.3, -0.25) is 0 Å². The molecule has 48 heavy (non-hydrogen) atoms. The average molecular weight is 643 g/mol. The van der Waals surface area contributed by atoms with E-state index in [0.29, 0.717) is 35.5 Å². The number of rotatable bonds is 14. The van der Waals surface area contributed by atoms with Gasteiger partial charge in [-0.15, -0.1) is 13.2 Å². The first kappa shape index (κ1) is 34.6.